The van der Waals surface area contributed by atoms with Crippen LogP contribution in [0.4, 0.5) is 0 Å². The number of fused-ring (bicyclic) bond motifs is 1. The van der Waals surface area contributed by atoms with Crippen molar-refractivity contribution in [2.24, 2.45) is 0 Å². The van der Waals surface area contributed by atoms with Crippen molar-refractivity contribution in [1.29, 1.82) is 0 Å². The molecule has 6 nitrogen and oxygen atoms in total. The average Bonchev–Trinajstić information content (AvgIpc) is 2.75. The summed E-state index contributed by atoms with van der Waals surface area (Å²) < 4.78 is 1.63. The minimum absolute atomic E-state index is 0.196. The summed E-state index contributed by atoms with van der Waals surface area (Å²) in [6.45, 7) is 3.50. The van der Waals surface area contributed by atoms with E-state index in [0.29, 0.717) is 17.2 Å². The van der Waals surface area contributed by atoms with Gasteiger partial charge in [0.1, 0.15) is 0 Å². The molecule has 0 unspecified atom stereocenters. The fraction of sp³-hybridized carbons (Fsp3) is 0.143. The maximum atomic E-state index is 11.2. The molecule has 1 N–H and O–H groups in total. The van der Waals surface area contributed by atoms with Gasteiger partial charge in [-0.2, -0.15) is 9.78 Å². The SMILES string of the molecule is Cc1nc2c(cc1C(=O)O)c(C)nn2-c1ccccn1. The van der Waals surface area contributed by atoms with Crippen LogP contribution in [0.15, 0.2) is 30.5 Å². The van der Waals surface area contributed by atoms with Crippen LogP contribution in [0.5, 0.6) is 0 Å². The van der Waals surface area contributed by atoms with E-state index < -0.39 is 5.97 Å². The number of hydrogen-bond acceptors (Lipinski definition) is 4. The van der Waals surface area contributed by atoms with Gasteiger partial charge >= 0.3 is 5.97 Å². The number of carboxylic acids is 1. The van der Waals surface area contributed by atoms with E-state index in [1.807, 2.05) is 25.1 Å². The third-order valence-corrected chi connectivity index (χ3v) is 3.13. The summed E-state index contributed by atoms with van der Waals surface area (Å²) in [4.78, 5) is 19.8. The molecule has 0 spiro atoms. The Labute approximate surface area is 114 Å². The first-order valence-corrected chi connectivity index (χ1v) is 6.09. The molecule has 0 bridgehead atoms. The van der Waals surface area contributed by atoms with E-state index in [1.165, 1.54) is 0 Å². The quantitative estimate of drug-likeness (QED) is 0.770. The van der Waals surface area contributed by atoms with E-state index in [2.05, 4.69) is 15.1 Å². The normalized spacial score (nSPS) is 10.9. The van der Waals surface area contributed by atoms with Crippen LogP contribution in [0.25, 0.3) is 16.9 Å². The molecule has 0 radical (unpaired) electrons. The lowest BCUT2D eigenvalue weighted by molar-refractivity contribution is 0.0696. The van der Waals surface area contributed by atoms with E-state index in [4.69, 9.17) is 5.11 Å². The third-order valence-electron chi connectivity index (χ3n) is 3.13. The first-order valence-electron chi connectivity index (χ1n) is 6.09. The summed E-state index contributed by atoms with van der Waals surface area (Å²) in [6.07, 6.45) is 1.68. The van der Waals surface area contributed by atoms with Gasteiger partial charge in [0.2, 0.25) is 0 Å². The van der Waals surface area contributed by atoms with Crippen LogP contribution >= 0.6 is 0 Å². The standard InChI is InChI=1S/C14H12N4O2/c1-8-11(14(19)20)7-10-9(2)17-18(13(10)16-8)12-5-3-4-6-15-12/h3-7H,1-2H3,(H,19,20). The zero-order valence-corrected chi connectivity index (χ0v) is 11.0. The summed E-state index contributed by atoms with van der Waals surface area (Å²) in [5, 5.41) is 14.3. The summed E-state index contributed by atoms with van der Waals surface area (Å²) in [6, 6.07) is 7.13. The molecule has 3 rings (SSSR count). The lowest BCUT2D eigenvalue weighted by Gasteiger charge is -2.03. The Balaban J connectivity index is 2.32. The molecule has 0 aliphatic carbocycles. The molecule has 0 saturated heterocycles. The van der Waals surface area contributed by atoms with Crippen molar-refractivity contribution in [2.45, 2.75) is 13.8 Å². The average molecular weight is 268 g/mol. The van der Waals surface area contributed by atoms with Gasteiger partial charge in [-0.3, -0.25) is 0 Å². The molecule has 3 aromatic heterocycles. The van der Waals surface area contributed by atoms with Gasteiger partial charge in [-0.15, -0.1) is 0 Å². The number of carbonyl (C=O) groups is 1. The molecule has 3 aromatic rings. The first kappa shape index (κ1) is 12.3. The second-order valence-electron chi connectivity index (χ2n) is 4.48. The molecule has 3 heterocycles. The van der Waals surface area contributed by atoms with Gasteiger partial charge in [0, 0.05) is 11.6 Å². The van der Waals surface area contributed by atoms with Crippen molar-refractivity contribution in [3.8, 4) is 5.82 Å². The van der Waals surface area contributed by atoms with Crippen molar-refractivity contribution >= 4 is 17.0 Å². The van der Waals surface area contributed by atoms with Gasteiger partial charge in [0.25, 0.3) is 0 Å². The lowest BCUT2D eigenvalue weighted by Crippen LogP contribution is -2.04. The number of rotatable bonds is 2. The molecular weight excluding hydrogens is 256 g/mol. The molecule has 0 aliphatic rings. The lowest BCUT2D eigenvalue weighted by atomic mass is 10.1. The fourth-order valence-corrected chi connectivity index (χ4v) is 2.13. The van der Waals surface area contributed by atoms with Crippen LogP contribution in [-0.4, -0.2) is 30.8 Å². The maximum Gasteiger partial charge on any atom is 0.337 e. The maximum absolute atomic E-state index is 11.2. The van der Waals surface area contributed by atoms with Crippen molar-refractivity contribution in [3.63, 3.8) is 0 Å². The van der Waals surface area contributed by atoms with Crippen LogP contribution in [0.2, 0.25) is 0 Å². The second kappa shape index (κ2) is 4.41. The fourth-order valence-electron chi connectivity index (χ4n) is 2.13. The van der Waals surface area contributed by atoms with Gasteiger partial charge in [0.15, 0.2) is 11.5 Å². The van der Waals surface area contributed by atoms with Crippen molar-refractivity contribution in [2.75, 3.05) is 0 Å². The number of carboxylic acid groups (broad SMARTS) is 1. The van der Waals surface area contributed by atoms with Crippen LogP contribution in [-0.2, 0) is 0 Å². The number of hydrogen-bond donors (Lipinski definition) is 1. The van der Waals surface area contributed by atoms with Gasteiger partial charge in [0.05, 0.1) is 17.0 Å². The molecular formula is C14H12N4O2. The molecule has 100 valence electrons. The molecule has 0 aromatic carbocycles. The zero-order valence-electron chi connectivity index (χ0n) is 11.0. The van der Waals surface area contributed by atoms with Crippen LogP contribution in [0.3, 0.4) is 0 Å². The largest absolute Gasteiger partial charge is 0.478 e. The Morgan fingerprint density at radius 2 is 2.05 bits per heavy atom. The minimum atomic E-state index is -0.984. The smallest absolute Gasteiger partial charge is 0.337 e. The zero-order chi connectivity index (χ0) is 14.3. The molecule has 0 amide bonds. The van der Waals surface area contributed by atoms with E-state index in [0.717, 1.165) is 11.1 Å². The number of aromatic nitrogens is 4. The number of aromatic carboxylic acids is 1. The summed E-state index contributed by atoms with van der Waals surface area (Å²) >= 11 is 0. The Hall–Kier alpha value is -2.76. The molecule has 20 heavy (non-hydrogen) atoms. The predicted octanol–water partition coefficient (Wildman–Crippen LogP) is 2.13. The van der Waals surface area contributed by atoms with E-state index in [-0.39, 0.29) is 5.56 Å². The third kappa shape index (κ3) is 1.82. The number of aryl methyl sites for hydroxylation is 2. The Morgan fingerprint density at radius 1 is 1.25 bits per heavy atom. The highest BCUT2D eigenvalue weighted by molar-refractivity contribution is 5.94. The van der Waals surface area contributed by atoms with Crippen molar-refractivity contribution in [1.82, 2.24) is 19.7 Å². The van der Waals surface area contributed by atoms with E-state index >= 15 is 0 Å². The molecule has 0 saturated carbocycles. The summed E-state index contributed by atoms with van der Waals surface area (Å²) in [7, 11) is 0. The van der Waals surface area contributed by atoms with Gasteiger partial charge < -0.3 is 5.11 Å². The van der Waals surface area contributed by atoms with Gasteiger partial charge in [-0.25, -0.2) is 14.8 Å². The van der Waals surface area contributed by atoms with Crippen molar-refractivity contribution in [3.05, 3.63) is 47.4 Å². The molecule has 6 heteroatoms. The second-order valence-corrected chi connectivity index (χ2v) is 4.48. The summed E-state index contributed by atoms with van der Waals surface area (Å²) in [5.74, 6) is -0.331. The molecule has 0 fully saturated rings. The van der Waals surface area contributed by atoms with Crippen molar-refractivity contribution < 1.29 is 9.90 Å². The van der Waals surface area contributed by atoms with Crippen LogP contribution < -0.4 is 0 Å². The van der Waals surface area contributed by atoms with E-state index in [1.54, 1.807) is 23.9 Å². The highest BCUT2D eigenvalue weighted by atomic mass is 16.4. The molecule has 0 atom stereocenters. The first-order chi connectivity index (χ1) is 9.58. The number of pyridine rings is 2. The predicted molar refractivity (Wildman–Crippen MR) is 73.1 cm³/mol. The Morgan fingerprint density at radius 3 is 2.70 bits per heavy atom. The number of nitrogens with zero attached hydrogens (tertiary/aromatic N) is 4. The van der Waals surface area contributed by atoms with Crippen LogP contribution in [0.1, 0.15) is 21.7 Å². The highest BCUT2D eigenvalue weighted by Crippen LogP contribution is 2.22. The summed E-state index contributed by atoms with van der Waals surface area (Å²) in [5.41, 5.74) is 1.99. The Bertz CT molecular complexity index is 809. The highest BCUT2D eigenvalue weighted by Gasteiger charge is 2.16. The van der Waals surface area contributed by atoms with Gasteiger partial charge in [-0.05, 0) is 32.0 Å². The van der Waals surface area contributed by atoms with Crippen LogP contribution in [0, 0.1) is 13.8 Å². The monoisotopic (exact) mass is 268 g/mol. The van der Waals surface area contributed by atoms with Gasteiger partial charge in [-0.1, -0.05) is 6.07 Å². The Kier molecular flexibility index (Phi) is 2.71. The van der Waals surface area contributed by atoms with E-state index in [9.17, 15) is 4.79 Å². The molecule has 0 aliphatic heterocycles. The topological polar surface area (TPSA) is 80.9 Å². The minimum Gasteiger partial charge on any atom is -0.478 e.